The van der Waals surface area contributed by atoms with Gasteiger partial charge in [-0.25, -0.2) is 17.2 Å². The van der Waals surface area contributed by atoms with Crippen LogP contribution < -0.4 is 4.74 Å². The number of halogens is 2. The Kier molecular flexibility index (Phi) is 8.54. The van der Waals surface area contributed by atoms with Crippen molar-refractivity contribution >= 4 is 10.0 Å². The number of rotatable bonds is 10. The summed E-state index contributed by atoms with van der Waals surface area (Å²) in [5, 5.41) is 8.91. The summed E-state index contributed by atoms with van der Waals surface area (Å²) < 4.78 is 65.2. The molecule has 4 rings (SSSR count). The molecule has 11 heteroatoms. The fraction of sp³-hybridized carbons (Fsp3) is 0.480. The van der Waals surface area contributed by atoms with E-state index in [1.54, 1.807) is 7.05 Å². The Morgan fingerprint density at radius 3 is 2.31 bits per heavy atom. The predicted molar refractivity (Wildman–Crippen MR) is 129 cm³/mol. The first-order valence-electron chi connectivity index (χ1n) is 11.9. The fourth-order valence-electron chi connectivity index (χ4n) is 4.57. The second kappa shape index (κ2) is 11.6. The maximum Gasteiger partial charge on any atom is 0.242 e. The zero-order valence-electron chi connectivity index (χ0n) is 20.1. The van der Waals surface area contributed by atoms with Gasteiger partial charge in [-0.1, -0.05) is 0 Å². The molecule has 0 amide bonds. The van der Waals surface area contributed by atoms with Gasteiger partial charge in [-0.3, -0.25) is 9.80 Å². The maximum atomic E-state index is 13.7. The monoisotopic (exact) mass is 520 g/mol. The summed E-state index contributed by atoms with van der Waals surface area (Å²) in [6.45, 7) is 5.02. The number of benzene rings is 2. The van der Waals surface area contributed by atoms with Gasteiger partial charge in [0.15, 0.2) is 11.6 Å². The molecule has 0 radical (unpaired) electrons. The van der Waals surface area contributed by atoms with Crippen molar-refractivity contribution in [3.63, 3.8) is 0 Å². The van der Waals surface area contributed by atoms with E-state index in [0.29, 0.717) is 31.7 Å². The van der Waals surface area contributed by atoms with Crippen LogP contribution in [-0.4, -0.2) is 94.2 Å². The van der Waals surface area contributed by atoms with E-state index < -0.39 is 21.7 Å². The maximum absolute atomic E-state index is 13.7. The van der Waals surface area contributed by atoms with Crippen LogP contribution in [0.25, 0.3) is 0 Å². The summed E-state index contributed by atoms with van der Waals surface area (Å²) in [6.07, 6.45) is 0.777. The number of morpholine rings is 2. The number of likely N-dealkylation sites (N-methyl/N-ethyl adjacent to an activating group) is 1. The zero-order valence-corrected chi connectivity index (χ0v) is 21.0. The molecule has 36 heavy (non-hydrogen) atoms. The molecular formula is C25H30F2N4O4S. The predicted octanol–water partition coefficient (Wildman–Crippen LogP) is 2.31. The molecule has 0 aromatic heterocycles. The highest BCUT2D eigenvalue weighted by Crippen LogP contribution is 2.21. The van der Waals surface area contributed by atoms with E-state index in [0.717, 1.165) is 38.8 Å². The SMILES string of the molecule is CN(CCN1CC2CN(CCCOc3ccc(F)cc3F)CC(C1)O2)S(=O)(=O)c1ccc(C#N)cc1. The normalized spacial score (nSPS) is 20.9. The van der Waals surface area contributed by atoms with Crippen LogP contribution in [0.1, 0.15) is 12.0 Å². The van der Waals surface area contributed by atoms with E-state index in [2.05, 4.69) is 9.80 Å². The summed E-state index contributed by atoms with van der Waals surface area (Å²) in [6, 6.07) is 11.2. The van der Waals surface area contributed by atoms with Gasteiger partial charge < -0.3 is 9.47 Å². The molecule has 2 heterocycles. The van der Waals surface area contributed by atoms with Gasteiger partial charge in [-0.15, -0.1) is 0 Å². The Morgan fingerprint density at radius 2 is 1.69 bits per heavy atom. The lowest BCUT2D eigenvalue weighted by atomic mass is 10.1. The molecule has 0 saturated carbocycles. The van der Waals surface area contributed by atoms with Gasteiger partial charge in [0.05, 0.1) is 35.3 Å². The van der Waals surface area contributed by atoms with Crippen molar-refractivity contribution in [3.8, 4) is 11.8 Å². The van der Waals surface area contributed by atoms with Crippen molar-refractivity contribution in [2.75, 3.05) is 59.5 Å². The smallest absolute Gasteiger partial charge is 0.242 e. The Balaban J connectivity index is 1.20. The largest absolute Gasteiger partial charge is 0.490 e. The molecule has 2 fully saturated rings. The molecule has 2 aromatic rings. The highest BCUT2D eigenvalue weighted by Gasteiger charge is 2.35. The molecule has 2 unspecified atom stereocenters. The highest BCUT2D eigenvalue weighted by molar-refractivity contribution is 7.89. The lowest BCUT2D eigenvalue weighted by Crippen LogP contribution is -2.60. The van der Waals surface area contributed by atoms with Crippen LogP contribution in [-0.2, 0) is 14.8 Å². The number of hydrogen-bond donors (Lipinski definition) is 0. The summed E-state index contributed by atoms with van der Waals surface area (Å²) in [7, 11) is -2.06. The van der Waals surface area contributed by atoms with Crippen LogP contribution in [0, 0.1) is 23.0 Å². The number of fused-ring (bicyclic) bond motifs is 2. The van der Waals surface area contributed by atoms with E-state index in [1.165, 1.54) is 40.7 Å². The van der Waals surface area contributed by atoms with Crippen LogP contribution in [0.3, 0.4) is 0 Å². The lowest BCUT2D eigenvalue weighted by molar-refractivity contribution is -0.138. The molecule has 2 atom stereocenters. The number of hydrogen-bond acceptors (Lipinski definition) is 7. The van der Waals surface area contributed by atoms with E-state index in [4.69, 9.17) is 14.7 Å². The third-order valence-electron chi connectivity index (χ3n) is 6.43. The summed E-state index contributed by atoms with van der Waals surface area (Å²) in [5.74, 6) is -1.28. The van der Waals surface area contributed by atoms with E-state index in [9.17, 15) is 17.2 Å². The molecule has 2 aliphatic heterocycles. The van der Waals surface area contributed by atoms with Gasteiger partial charge in [-0.2, -0.15) is 9.57 Å². The van der Waals surface area contributed by atoms with Gasteiger partial charge >= 0.3 is 0 Å². The van der Waals surface area contributed by atoms with E-state index >= 15 is 0 Å². The van der Waals surface area contributed by atoms with Crippen LogP contribution in [0.4, 0.5) is 8.78 Å². The van der Waals surface area contributed by atoms with Crippen LogP contribution in [0.15, 0.2) is 47.4 Å². The number of sulfonamides is 1. The minimum absolute atomic E-state index is 0.0356. The Morgan fingerprint density at radius 1 is 1.06 bits per heavy atom. The molecule has 0 spiro atoms. The number of ether oxygens (including phenoxy) is 2. The third-order valence-corrected chi connectivity index (χ3v) is 8.30. The minimum Gasteiger partial charge on any atom is -0.490 e. The topological polar surface area (TPSA) is 86.1 Å². The first-order valence-corrected chi connectivity index (χ1v) is 13.3. The molecule has 8 nitrogen and oxygen atoms in total. The Labute approximate surface area is 210 Å². The van der Waals surface area contributed by atoms with Crippen LogP contribution >= 0.6 is 0 Å². The average Bonchev–Trinajstić information content (AvgIpc) is 2.85. The van der Waals surface area contributed by atoms with Crippen molar-refractivity contribution in [2.24, 2.45) is 0 Å². The average molecular weight is 521 g/mol. The van der Waals surface area contributed by atoms with Crippen molar-refractivity contribution in [1.29, 1.82) is 5.26 Å². The second-order valence-electron chi connectivity index (χ2n) is 9.14. The number of nitriles is 1. The molecular weight excluding hydrogens is 490 g/mol. The Hall–Kier alpha value is -2.62. The van der Waals surface area contributed by atoms with Gasteiger partial charge in [-0.05, 0) is 42.8 Å². The van der Waals surface area contributed by atoms with Crippen LogP contribution in [0.5, 0.6) is 5.75 Å². The second-order valence-corrected chi connectivity index (χ2v) is 11.2. The molecule has 2 bridgehead atoms. The summed E-state index contributed by atoms with van der Waals surface area (Å²) >= 11 is 0. The number of nitrogens with zero attached hydrogens (tertiary/aromatic N) is 4. The summed E-state index contributed by atoms with van der Waals surface area (Å²) in [4.78, 5) is 4.72. The Bertz CT molecular complexity index is 1180. The quantitative estimate of drug-likeness (QED) is 0.445. The first-order chi connectivity index (χ1) is 17.2. The third kappa shape index (κ3) is 6.57. The lowest BCUT2D eigenvalue weighted by Gasteiger charge is -2.46. The van der Waals surface area contributed by atoms with E-state index in [1.807, 2.05) is 6.07 Å². The standard InChI is InChI=1S/C25H30F2N4O4S/c1-29(36(32,33)23-6-3-19(14-28)4-7-23)10-11-31-17-21-15-30(16-22(18-31)35-21)9-2-12-34-25-8-5-20(26)13-24(25)27/h3-8,13,21-22H,2,9-12,15-18H2,1H3. The zero-order chi connectivity index (χ0) is 25.7. The van der Waals surface area contributed by atoms with Crippen molar-refractivity contribution in [3.05, 3.63) is 59.7 Å². The first kappa shape index (κ1) is 26.4. The van der Waals surface area contributed by atoms with Gasteiger partial charge in [0.1, 0.15) is 5.82 Å². The van der Waals surface area contributed by atoms with Crippen molar-refractivity contribution in [1.82, 2.24) is 14.1 Å². The molecule has 0 aliphatic carbocycles. The molecule has 194 valence electrons. The molecule has 2 saturated heterocycles. The summed E-state index contributed by atoms with van der Waals surface area (Å²) in [5.41, 5.74) is 0.416. The fourth-order valence-corrected chi connectivity index (χ4v) is 5.73. The molecule has 2 aromatic carbocycles. The molecule has 2 aliphatic rings. The van der Waals surface area contributed by atoms with E-state index in [-0.39, 0.29) is 22.9 Å². The molecule has 0 N–H and O–H groups in total. The minimum atomic E-state index is -3.63. The van der Waals surface area contributed by atoms with Crippen molar-refractivity contribution in [2.45, 2.75) is 23.5 Å². The highest BCUT2D eigenvalue weighted by atomic mass is 32.2. The van der Waals surface area contributed by atoms with Crippen LogP contribution in [0.2, 0.25) is 0 Å². The van der Waals surface area contributed by atoms with Gasteiger partial charge in [0.25, 0.3) is 0 Å². The van der Waals surface area contributed by atoms with Crippen molar-refractivity contribution < 1.29 is 26.7 Å². The van der Waals surface area contributed by atoms with Gasteiger partial charge in [0, 0.05) is 58.9 Å². The van der Waals surface area contributed by atoms with Gasteiger partial charge in [0.2, 0.25) is 10.0 Å².